The Bertz CT molecular complexity index is 189. The van der Waals surface area contributed by atoms with Gasteiger partial charge in [0, 0.05) is 12.5 Å². The monoisotopic (exact) mass is 213 g/mol. The Kier molecular flexibility index (Phi) is 6.82. The van der Waals surface area contributed by atoms with Gasteiger partial charge in [0.2, 0.25) is 0 Å². The van der Waals surface area contributed by atoms with Gasteiger partial charge in [-0.2, -0.15) is 0 Å². The molecule has 2 nitrogen and oxygen atoms in total. The van der Waals surface area contributed by atoms with E-state index < -0.39 is 0 Å². The number of nitrogens with zero attached hydrogens (tertiary/aromatic N) is 1. The highest BCUT2D eigenvalue weighted by atomic mass is 16.1. The predicted molar refractivity (Wildman–Crippen MR) is 66.0 cm³/mol. The second-order valence-corrected chi connectivity index (χ2v) is 5.10. The molecule has 0 amide bonds. The molecule has 0 radical (unpaired) electrons. The molecule has 0 saturated heterocycles. The van der Waals surface area contributed by atoms with Crippen molar-refractivity contribution < 1.29 is 4.79 Å². The molecule has 90 valence electrons. The minimum atomic E-state index is 0.318. The number of hydrogen-bond donors (Lipinski definition) is 0. The van der Waals surface area contributed by atoms with Crippen LogP contribution in [0.3, 0.4) is 0 Å². The SMILES string of the molecule is CCC(CC(C)N(C)C)C(C)CC(C)=O. The van der Waals surface area contributed by atoms with Gasteiger partial charge in [-0.25, -0.2) is 0 Å². The fourth-order valence-electron chi connectivity index (χ4n) is 2.07. The van der Waals surface area contributed by atoms with Gasteiger partial charge in [-0.3, -0.25) is 0 Å². The van der Waals surface area contributed by atoms with E-state index in [4.69, 9.17) is 0 Å². The van der Waals surface area contributed by atoms with E-state index in [-0.39, 0.29) is 0 Å². The molecule has 0 fully saturated rings. The zero-order valence-electron chi connectivity index (χ0n) is 11.2. The molecule has 0 aromatic rings. The molecule has 0 N–H and O–H groups in total. The van der Waals surface area contributed by atoms with Crippen molar-refractivity contribution in [3.8, 4) is 0 Å². The van der Waals surface area contributed by atoms with Gasteiger partial charge >= 0.3 is 0 Å². The van der Waals surface area contributed by atoms with Crippen LogP contribution in [0, 0.1) is 11.8 Å². The van der Waals surface area contributed by atoms with E-state index in [2.05, 4.69) is 39.8 Å². The van der Waals surface area contributed by atoms with Crippen molar-refractivity contribution >= 4 is 5.78 Å². The van der Waals surface area contributed by atoms with Gasteiger partial charge in [-0.15, -0.1) is 0 Å². The number of ketones is 1. The van der Waals surface area contributed by atoms with E-state index in [1.54, 1.807) is 6.92 Å². The second kappa shape index (κ2) is 7.00. The van der Waals surface area contributed by atoms with Crippen LogP contribution in [0.1, 0.15) is 47.0 Å². The van der Waals surface area contributed by atoms with Gasteiger partial charge in [0.15, 0.2) is 0 Å². The second-order valence-electron chi connectivity index (χ2n) is 5.10. The molecular weight excluding hydrogens is 186 g/mol. The molecule has 0 spiro atoms. The van der Waals surface area contributed by atoms with Crippen molar-refractivity contribution in [1.82, 2.24) is 4.90 Å². The van der Waals surface area contributed by atoms with Crippen LogP contribution in [-0.2, 0) is 4.79 Å². The zero-order chi connectivity index (χ0) is 12.0. The van der Waals surface area contributed by atoms with Crippen molar-refractivity contribution in [2.75, 3.05) is 14.1 Å². The highest BCUT2D eigenvalue weighted by Gasteiger charge is 2.20. The van der Waals surface area contributed by atoms with Gasteiger partial charge in [0.05, 0.1) is 0 Å². The molecule has 0 aromatic carbocycles. The molecule has 3 atom stereocenters. The molecule has 3 unspecified atom stereocenters. The maximum Gasteiger partial charge on any atom is 0.130 e. The standard InChI is InChI=1S/C13H27NO/c1-7-13(9-11(3)14(5)6)10(2)8-12(4)15/h10-11,13H,7-9H2,1-6H3. The third-order valence-electron chi connectivity index (χ3n) is 3.46. The smallest absolute Gasteiger partial charge is 0.130 e. The Morgan fingerprint density at radius 2 is 1.80 bits per heavy atom. The summed E-state index contributed by atoms with van der Waals surface area (Å²) in [6.45, 7) is 8.38. The first-order valence-corrected chi connectivity index (χ1v) is 6.04. The molecule has 0 aliphatic rings. The van der Waals surface area contributed by atoms with Crippen LogP contribution >= 0.6 is 0 Å². The maximum absolute atomic E-state index is 11.1. The van der Waals surface area contributed by atoms with Gasteiger partial charge in [-0.1, -0.05) is 20.3 Å². The molecule has 2 heteroatoms. The summed E-state index contributed by atoms with van der Waals surface area (Å²) in [6.07, 6.45) is 3.10. The minimum Gasteiger partial charge on any atom is -0.307 e. The summed E-state index contributed by atoms with van der Waals surface area (Å²) in [5, 5.41) is 0. The minimum absolute atomic E-state index is 0.318. The average molecular weight is 213 g/mol. The van der Waals surface area contributed by atoms with Gasteiger partial charge in [0.25, 0.3) is 0 Å². The normalized spacial score (nSPS) is 17.5. The lowest BCUT2D eigenvalue weighted by molar-refractivity contribution is -0.118. The number of carbonyl (C=O) groups is 1. The summed E-state index contributed by atoms with van der Waals surface area (Å²) < 4.78 is 0. The highest BCUT2D eigenvalue weighted by Crippen LogP contribution is 2.25. The largest absolute Gasteiger partial charge is 0.307 e. The van der Waals surface area contributed by atoms with E-state index in [1.807, 2.05) is 0 Å². The van der Waals surface area contributed by atoms with Crippen molar-refractivity contribution in [3.63, 3.8) is 0 Å². The lowest BCUT2D eigenvalue weighted by atomic mass is 9.83. The summed E-state index contributed by atoms with van der Waals surface area (Å²) >= 11 is 0. The first kappa shape index (κ1) is 14.6. The average Bonchev–Trinajstić information content (AvgIpc) is 2.11. The number of rotatable bonds is 7. The fourth-order valence-corrected chi connectivity index (χ4v) is 2.07. The van der Waals surface area contributed by atoms with Crippen molar-refractivity contribution in [3.05, 3.63) is 0 Å². The summed E-state index contributed by atoms with van der Waals surface area (Å²) in [5.41, 5.74) is 0. The van der Waals surface area contributed by atoms with Crippen LogP contribution in [-0.4, -0.2) is 30.8 Å². The van der Waals surface area contributed by atoms with Crippen LogP contribution in [0.15, 0.2) is 0 Å². The summed E-state index contributed by atoms with van der Waals surface area (Å²) in [4.78, 5) is 13.3. The quantitative estimate of drug-likeness (QED) is 0.648. The molecule has 0 saturated carbocycles. The Hall–Kier alpha value is -0.370. The molecule has 15 heavy (non-hydrogen) atoms. The molecule has 0 aliphatic heterocycles. The molecule has 0 aromatic heterocycles. The summed E-state index contributed by atoms with van der Waals surface area (Å²) in [7, 11) is 4.24. The van der Waals surface area contributed by atoms with E-state index in [0.29, 0.717) is 23.7 Å². The number of hydrogen-bond acceptors (Lipinski definition) is 2. The first-order chi connectivity index (χ1) is 6.88. The van der Waals surface area contributed by atoms with Crippen LogP contribution in [0.25, 0.3) is 0 Å². The molecule has 0 bridgehead atoms. The third-order valence-corrected chi connectivity index (χ3v) is 3.46. The van der Waals surface area contributed by atoms with E-state index in [9.17, 15) is 4.79 Å². The summed E-state index contributed by atoms with van der Waals surface area (Å²) in [6, 6.07) is 0.601. The number of carbonyl (C=O) groups excluding carboxylic acids is 1. The molecule has 0 aliphatic carbocycles. The van der Waals surface area contributed by atoms with Crippen LogP contribution < -0.4 is 0 Å². The van der Waals surface area contributed by atoms with Crippen molar-refractivity contribution in [2.24, 2.45) is 11.8 Å². The zero-order valence-corrected chi connectivity index (χ0v) is 11.2. The Labute approximate surface area is 95.0 Å². The third kappa shape index (κ3) is 5.93. The fraction of sp³-hybridized carbons (Fsp3) is 0.923. The van der Waals surface area contributed by atoms with Crippen molar-refractivity contribution in [1.29, 1.82) is 0 Å². The summed E-state index contributed by atoms with van der Waals surface area (Å²) in [5.74, 6) is 1.51. The van der Waals surface area contributed by atoms with Crippen LogP contribution in [0.4, 0.5) is 0 Å². The Morgan fingerprint density at radius 1 is 1.27 bits per heavy atom. The first-order valence-electron chi connectivity index (χ1n) is 6.04. The maximum atomic E-state index is 11.1. The molecular formula is C13H27NO. The van der Waals surface area contributed by atoms with E-state index in [1.165, 1.54) is 12.8 Å². The number of Topliss-reactive ketones (excluding diaryl/α,β-unsaturated/α-hetero) is 1. The van der Waals surface area contributed by atoms with Gasteiger partial charge in [0.1, 0.15) is 5.78 Å². The molecule has 0 heterocycles. The lowest BCUT2D eigenvalue weighted by Crippen LogP contribution is -2.29. The van der Waals surface area contributed by atoms with E-state index in [0.717, 1.165) is 6.42 Å². The topological polar surface area (TPSA) is 20.3 Å². The Balaban J connectivity index is 4.17. The van der Waals surface area contributed by atoms with Crippen LogP contribution in [0.2, 0.25) is 0 Å². The Morgan fingerprint density at radius 3 is 2.13 bits per heavy atom. The van der Waals surface area contributed by atoms with Crippen LogP contribution in [0.5, 0.6) is 0 Å². The van der Waals surface area contributed by atoms with E-state index >= 15 is 0 Å². The van der Waals surface area contributed by atoms with Gasteiger partial charge < -0.3 is 9.69 Å². The van der Waals surface area contributed by atoms with Gasteiger partial charge in [-0.05, 0) is 46.2 Å². The molecule has 0 rings (SSSR count). The highest BCUT2D eigenvalue weighted by molar-refractivity contribution is 5.75. The lowest BCUT2D eigenvalue weighted by Gasteiger charge is -2.28. The van der Waals surface area contributed by atoms with Crippen molar-refractivity contribution in [2.45, 2.75) is 53.0 Å². The predicted octanol–water partition coefficient (Wildman–Crippen LogP) is 2.97.